The Balaban J connectivity index is 0.968. The molecule has 2 aromatic carbocycles. The van der Waals surface area contributed by atoms with Crippen molar-refractivity contribution in [3.8, 4) is 11.5 Å². The molecule has 1 saturated carbocycles. The van der Waals surface area contributed by atoms with Gasteiger partial charge in [-0.2, -0.15) is 0 Å². The number of ether oxygens (including phenoxy) is 5. The van der Waals surface area contributed by atoms with E-state index in [1.165, 1.54) is 61.0 Å². The molecule has 0 spiro atoms. The number of benzene rings is 2. The maximum absolute atomic E-state index is 6.19. The van der Waals surface area contributed by atoms with Gasteiger partial charge in [-0.15, -0.1) is 0 Å². The molecule has 256 valence electrons. The van der Waals surface area contributed by atoms with E-state index in [4.69, 9.17) is 23.7 Å². The summed E-state index contributed by atoms with van der Waals surface area (Å²) in [6, 6.07) is 22.9. The first kappa shape index (κ1) is 35.7. The maximum atomic E-state index is 6.19. The minimum absolute atomic E-state index is 0.0947. The number of rotatable bonds is 21. The summed E-state index contributed by atoms with van der Waals surface area (Å²) in [6.07, 6.45) is 10.5. The Morgan fingerprint density at radius 3 is 1.74 bits per heavy atom. The van der Waals surface area contributed by atoms with E-state index in [-0.39, 0.29) is 5.41 Å². The second kappa shape index (κ2) is 16.2. The highest BCUT2D eigenvalue weighted by Crippen LogP contribution is 2.42. The highest BCUT2D eigenvalue weighted by atomic mass is 28.3. The molecule has 0 amide bonds. The highest BCUT2D eigenvalue weighted by molar-refractivity contribution is 6.77. The van der Waals surface area contributed by atoms with Crippen molar-refractivity contribution in [3.05, 3.63) is 59.7 Å². The monoisotopic (exact) mass is 666 g/mol. The normalized spacial score (nSPS) is 22.7. The summed E-state index contributed by atoms with van der Waals surface area (Å²) in [7, 11) is -2.38. The molecule has 1 aliphatic carbocycles. The number of epoxide rings is 2. The Morgan fingerprint density at radius 1 is 0.696 bits per heavy atom. The Morgan fingerprint density at radius 2 is 1.22 bits per heavy atom. The third kappa shape index (κ3) is 11.5. The lowest BCUT2D eigenvalue weighted by Crippen LogP contribution is -2.27. The zero-order chi connectivity index (χ0) is 32.6. The van der Waals surface area contributed by atoms with Gasteiger partial charge in [0.1, 0.15) is 17.6 Å². The lowest BCUT2D eigenvalue weighted by Gasteiger charge is -2.27. The standard InChI is InChI=1S/C39H62O5Si2/c1-39(2,32-11-15-34(16-12-32)41-22-8-25-45(3,4)24-7-21-40-29-36-30-43-36)33-13-17-35(18-14-33)42-23-9-26-46(5,6)27-20-31-10-19-37-38(28-31)44-37/h11-18,31,36-38H,7-10,19-30H2,1-6H3. The second-order valence-electron chi connectivity index (χ2n) is 16.5. The average Bonchev–Trinajstić information content (AvgIpc) is 3.97. The number of hydrogen-bond acceptors (Lipinski definition) is 5. The van der Waals surface area contributed by atoms with Crippen LogP contribution in [0.3, 0.4) is 0 Å². The summed E-state index contributed by atoms with van der Waals surface area (Å²) < 4.78 is 29.0. The molecule has 4 atom stereocenters. The zero-order valence-corrected chi connectivity index (χ0v) is 31.8. The minimum atomic E-state index is -1.21. The van der Waals surface area contributed by atoms with Crippen molar-refractivity contribution >= 4 is 16.1 Å². The van der Waals surface area contributed by atoms with E-state index in [9.17, 15) is 0 Å². The molecular formula is C39H62O5Si2. The average molecular weight is 667 g/mol. The van der Waals surface area contributed by atoms with Crippen LogP contribution in [-0.2, 0) is 19.6 Å². The molecule has 2 heterocycles. The summed E-state index contributed by atoms with van der Waals surface area (Å²) in [6.45, 7) is 18.8. The second-order valence-corrected chi connectivity index (χ2v) is 27.1. The van der Waals surface area contributed by atoms with Gasteiger partial charge >= 0.3 is 0 Å². The van der Waals surface area contributed by atoms with Gasteiger partial charge < -0.3 is 23.7 Å². The molecule has 4 unspecified atom stereocenters. The van der Waals surface area contributed by atoms with E-state index >= 15 is 0 Å². The molecule has 7 heteroatoms. The quantitative estimate of drug-likeness (QED) is 0.0754. The molecule has 46 heavy (non-hydrogen) atoms. The number of hydrogen-bond donors (Lipinski definition) is 0. The summed E-state index contributed by atoms with van der Waals surface area (Å²) in [5, 5.41) is 0. The van der Waals surface area contributed by atoms with Gasteiger partial charge in [0.05, 0.1) is 38.6 Å². The molecule has 3 aliphatic rings. The van der Waals surface area contributed by atoms with E-state index in [1.807, 2.05) is 0 Å². The fourth-order valence-electron chi connectivity index (χ4n) is 7.21. The van der Waals surface area contributed by atoms with E-state index < -0.39 is 16.1 Å². The summed E-state index contributed by atoms with van der Waals surface area (Å²) >= 11 is 0. The minimum Gasteiger partial charge on any atom is -0.494 e. The molecule has 0 radical (unpaired) electrons. The van der Waals surface area contributed by atoms with Crippen molar-refractivity contribution in [3.63, 3.8) is 0 Å². The van der Waals surface area contributed by atoms with E-state index in [0.717, 1.165) is 69.7 Å². The predicted octanol–water partition coefficient (Wildman–Crippen LogP) is 9.73. The first-order valence-electron chi connectivity index (χ1n) is 18.3. The summed E-state index contributed by atoms with van der Waals surface area (Å²) in [5.74, 6) is 2.85. The van der Waals surface area contributed by atoms with Crippen molar-refractivity contribution in [1.82, 2.24) is 0 Å². The van der Waals surface area contributed by atoms with Crippen molar-refractivity contribution in [1.29, 1.82) is 0 Å². The largest absolute Gasteiger partial charge is 0.494 e. The molecular weight excluding hydrogens is 605 g/mol. The van der Waals surface area contributed by atoms with Gasteiger partial charge in [-0.25, -0.2) is 0 Å². The van der Waals surface area contributed by atoms with Crippen molar-refractivity contribution < 1.29 is 23.7 Å². The van der Waals surface area contributed by atoms with Crippen molar-refractivity contribution in [2.45, 2.75) is 133 Å². The fraction of sp³-hybridized carbons (Fsp3) is 0.692. The SMILES string of the molecule is CC(C)(c1ccc(OCCC[Si](C)(C)CCCOCC2CO2)cc1)c1ccc(OCCC[Si](C)(C)CCC2CCC3OC3C2)cc1. The molecule has 2 aliphatic heterocycles. The van der Waals surface area contributed by atoms with Crippen LogP contribution in [-0.4, -0.2) is 67.5 Å². The molecule has 0 aromatic heterocycles. The molecule has 3 fully saturated rings. The topological polar surface area (TPSA) is 52.8 Å². The van der Waals surface area contributed by atoms with Crippen molar-refractivity contribution in [2.75, 3.05) is 33.0 Å². The lowest BCUT2D eigenvalue weighted by molar-refractivity contribution is 0.117. The first-order valence-corrected chi connectivity index (χ1v) is 25.1. The lowest BCUT2D eigenvalue weighted by atomic mass is 9.78. The Bertz CT molecular complexity index is 1190. The van der Waals surface area contributed by atoms with Crippen LogP contribution in [0.5, 0.6) is 11.5 Å². The van der Waals surface area contributed by atoms with Crippen LogP contribution in [0, 0.1) is 5.92 Å². The fourth-order valence-corrected chi connectivity index (χ4v) is 12.2. The summed E-state index contributed by atoms with van der Waals surface area (Å²) in [5.41, 5.74) is 2.50. The van der Waals surface area contributed by atoms with Gasteiger partial charge in [-0.3, -0.25) is 0 Å². The molecule has 2 aromatic rings. The van der Waals surface area contributed by atoms with Gasteiger partial charge in [0.25, 0.3) is 0 Å². The van der Waals surface area contributed by atoms with E-state index in [1.54, 1.807) is 0 Å². The van der Waals surface area contributed by atoms with Gasteiger partial charge in [-0.1, -0.05) is 94.9 Å². The van der Waals surface area contributed by atoms with Crippen LogP contribution in [0.25, 0.3) is 0 Å². The third-order valence-electron chi connectivity index (χ3n) is 10.9. The van der Waals surface area contributed by atoms with Crippen LogP contribution in [0.2, 0.25) is 50.4 Å². The molecule has 0 N–H and O–H groups in total. The smallest absolute Gasteiger partial charge is 0.119 e. The molecule has 5 rings (SSSR count). The van der Waals surface area contributed by atoms with Gasteiger partial charge in [0.2, 0.25) is 0 Å². The van der Waals surface area contributed by atoms with Crippen LogP contribution < -0.4 is 9.47 Å². The van der Waals surface area contributed by atoms with Crippen LogP contribution in [0.1, 0.15) is 69.9 Å². The predicted molar refractivity (Wildman–Crippen MR) is 195 cm³/mol. The highest BCUT2D eigenvalue weighted by Gasteiger charge is 2.43. The third-order valence-corrected chi connectivity index (χ3v) is 17.6. The van der Waals surface area contributed by atoms with Crippen molar-refractivity contribution in [2.24, 2.45) is 5.92 Å². The zero-order valence-electron chi connectivity index (χ0n) is 29.8. The van der Waals surface area contributed by atoms with Crippen LogP contribution in [0.15, 0.2) is 48.5 Å². The molecule has 2 saturated heterocycles. The maximum Gasteiger partial charge on any atom is 0.119 e. The van der Waals surface area contributed by atoms with Gasteiger partial charge in [0, 0.05) is 28.2 Å². The van der Waals surface area contributed by atoms with Gasteiger partial charge in [0.15, 0.2) is 0 Å². The summed E-state index contributed by atoms with van der Waals surface area (Å²) in [4.78, 5) is 0. The van der Waals surface area contributed by atoms with Crippen LogP contribution in [0.4, 0.5) is 0 Å². The molecule has 0 bridgehead atoms. The number of fused-ring (bicyclic) bond motifs is 1. The Labute approximate surface area is 282 Å². The van der Waals surface area contributed by atoms with E-state index in [2.05, 4.69) is 88.6 Å². The first-order chi connectivity index (χ1) is 22.0. The Kier molecular flexibility index (Phi) is 12.5. The van der Waals surface area contributed by atoms with Crippen LogP contribution >= 0.6 is 0 Å². The molecule has 5 nitrogen and oxygen atoms in total. The Hall–Kier alpha value is -1.65. The van der Waals surface area contributed by atoms with Gasteiger partial charge in [-0.05, 0) is 79.8 Å². The van der Waals surface area contributed by atoms with E-state index in [0.29, 0.717) is 18.3 Å².